The van der Waals surface area contributed by atoms with Gasteiger partial charge in [-0.25, -0.2) is 9.97 Å². The number of hydrogen-bond donors (Lipinski definition) is 0. The Morgan fingerprint density at radius 1 is 1.26 bits per heavy atom. The number of hydrogen-bond acceptors (Lipinski definition) is 3. The fourth-order valence-electron chi connectivity index (χ4n) is 2.41. The molecular weight excluding hydrogens is 320 g/mol. The van der Waals surface area contributed by atoms with E-state index in [9.17, 15) is 0 Å². The van der Waals surface area contributed by atoms with Gasteiger partial charge in [0.05, 0.1) is 0 Å². The van der Waals surface area contributed by atoms with Gasteiger partial charge in [0.2, 0.25) is 0 Å². The summed E-state index contributed by atoms with van der Waals surface area (Å²) in [4.78, 5) is 9.17. The topological polar surface area (TPSA) is 25.8 Å². The molecule has 0 saturated carbocycles. The average molecular weight is 335 g/mol. The molecule has 1 heterocycles. The molecule has 1 aliphatic rings. The van der Waals surface area contributed by atoms with Crippen molar-refractivity contribution in [3.63, 3.8) is 0 Å². The van der Waals surface area contributed by atoms with Gasteiger partial charge in [0.1, 0.15) is 10.9 Å². The summed E-state index contributed by atoms with van der Waals surface area (Å²) < 4.78 is 1.13. The number of benzene rings is 1. The van der Waals surface area contributed by atoms with Crippen molar-refractivity contribution < 1.29 is 0 Å². The van der Waals surface area contributed by atoms with E-state index in [1.807, 2.05) is 18.7 Å². The number of halogens is 1. The summed E-state index contributed by atoms with van der Waals surface area (Å²) in [5.74, 6) is 1.86. The minimum absolute atomic E-state index is 0.900. The zero-order chi connectivity index (χ0) is 13.2. The highest BCUT2D eigenvalue weighted by atomic mass is 79.9. The molecule has 0 bridgehead atoms. The highest BCUT2D eigenvalue weighted by molar-refractivity contribution is 9.10. The molecule has 4 heteroatoms. The Bertz CT molecular complexity index is 613. The molecule has 0 N–H and O–H groups in total. The number of thioether (sulfide) groups is 1. The molecule has 0 saturated heterocycles. The molecule has 2 nitrogen and oxygen atoms in total. The summed E-state index contributed by atoms with van der Waals surface area (Å²) in [6, 6.07) is 8.46. The lowest BCUT2D eigenvalue weighted by atomic mass is 10.2. The molecule has 0 spiro atoms. The van der Waals surface area contributed by atoms with Gasteiger partial charge in [0.25, 0.3) is 0 Å². The maximum Gasteiger partial charge on any atom is 0.126 e. The molecule has 3 rings (SSSR count). The number of aromatic nitrogens is 2. The summed E-state index contributed by atoms with van der Waals surface area (Å²) in [7, 11) is 0. The zero-order valence-corrected chi connectivity index (χ0v) is 13.2. The molecule has 1 aromatic heterocycles. The molecule has 1 aromatic carbocycles. The van der Waals surface area contributed by atoms with E-state index >= 15 is 0 Å². The van der Waals surface area contributed by atoms with Crippen LogP contribution in [0, 0.1) is 6.92 Å². The van der Waals surface area contributed by atoms with Crippen LogP contribution >= 0.6 is 27.7 Å². The highest BCUT2D eigenvalue weighted by Gasteiger charge is 2.18. The lowest BCUT2D eigenvalue weighted by molar-refractivity contribution is 0.895. The van der Waals surface area contributed by atoms with Gasteiger partial charge < -0.3 is 0 Å². The van der Waals surface area contributed by atoms with E-state index in [1.54, 1.807) is 0 Å². The van der Waals surface area contributed by atoms with Gasteiger partial charge in [-0.05, 0) is 43.9 Å². The number of nitrogens with zero attached hydrogens (tertiary/aromatic N) is 2. The summed E-state index contributed by atoms with van der Waals surface area (Å²) in [5.41, 5.74) is 3.97. The second-order valence-electron chi connectivity index (χ2n) is 4.77. The van der Waals surface area contributed by atoms with E-state index < -0.39 is 0 Å². The first kappa shape index (κ1) is 13.1. The minimum Gasteiger partial charge on any atom is -0.238 e. The number of fused-ring (bicyclic) bond motifs is 1. The lowest BCUT2D eigenvalue weighted by Crippen LogP contribution is -1.99. The van der Waals surface area contributed by atoms with Crippen LogP contribution in [0.4, 0.5) is 0 Å². The van der Waals surface area contributed by atoms with Gasteiger partial charge in [-0.2, -0.15) is 0 Å². The molecule has 0 radical (unpaired) electrons. The fraction of sp³-hybridized carbons (Fsp3) is 0.333. The van der Waals surface area contributed by atoms with E-state index in [2.05, 4.69) is 50.2 Å². The molecule has 0 aliphatic heterocycles. The van der Waals surface area contributed by atoms with E-state index in [4.69, 9.17) is 0 Å². The van der Waals surface area contributed by atoms with Crippen molar-refractivity contribution in [2.75, 3.05) is 0 Å². The average Bonchev–Trinajstić information content (AvgIpc) is 2.84. The van der Waals surface area contributed by atoms with Gasteiger partial charge >= 0.3 is 0 Å². The number of rotatable bonds is 3. The van der Waals surface area contributed by atoms with Crippen molar-refractivity contribution in [3.05, 3.63) is 51.4 Å². The Morgan fingerprint density at radius 2 is 2.16 bits per heavy atom. The van der Waals surface area contributed by atoms with Crippen LogP contribution in [0.5, 0.6) is 0 Å². The van der Waals surface area contributed by atoms with Crippen LogP contribution in [0.2, 0.25) is 0 Å². The molecule has 0 atom stereocenters. The zero-order valence-electron chi connectivity index (χ0n) is 10.8. The summed E-state index contributed by atoms with van der Waals surface area (Å²) >= 11 is 5.34. The third-order valence-corrected chi connectivity index (χ3v) is 4.85. The Kier molecular flexibility index (Phi) is 3.89. The van der Waals surface area contributed by atoms with E-state index in [0.29, 0.717) is 0 Å². The van der Waals surface area contributed by atoms with Crippen LogP contribution in [0.15, 0.2) is 33.8 Å². The molecule has 1 aliphatic carbocycles. The van der Waals surface area contributed by atoms with E-state index in [0.717, 1.165) is 28.9 Å². The van der Waals surface area contributed by atoms with Gasteiger partial charge in [-0.1, -0.05) is 28.1 Å². The molecule has 0 amide bonds. The summed E-state index contributed by atoms with van der Waals surface area (Å²) in [6.07, 6.45) is 3.47. The molecule has 19 heavy (non-hydrogen) atoms. The van der Waals surface area contributed by atoms with Crippen molar-refractivity contribution in [1.82, 2.24) is 9.97 Å². The lowest BCUT2D eigenvalue weighted by Gasteiger charge is -2.08. The van der Waals surface area contributed by atoms with Crippen molar-refractivity contribution in [2.24, 2.45) is 0 Å². The van der Waals surface area contributed by atoms with E-state index in [1.165, 1.54) is 28.3 Å². The Labute approximate surface area is 126 Å². The molecule has 2 aromatic rings. The first-order chi connectivity index (χ1) is 9.22. The predicted molar refractivity (Wildman–Crippen MR) is 82.5 cm³/mol. The third kappa shape index (κ3) is 3.00. The Morgan fingerprint density at radius 3 is 3.00 bits per heavy atom. The molecule has 98 valence electrons. The Balaban J connectivity index is 1.81. The van der Waals surface area contributed by atoms with Crippen molar-refractivity contribution in [2.45, 2.75) is 37.0 Å². The smallest absolute Gasteiger partial charge is 0.126 e. The monoisotopic (exact) mass is 334 g/mol. The predicted octanol–water partition coefficient (Wildman–Crippen LogP) is 4.33. The van der Waals surface area contributed by atoms with Gasteiger partial charge in [-0.3, -0.25) is 0 Å². The van der Waals surface area contributed by atoms with Crippen LogP contribution in [-0.2, 0) is 18.6 Å². The maximum atomic E-state index is 4.62. The minimum atomic E-state index is 0.900. The van der Waals surface area contributed by atoms with Crippen molar-refractivity contribution >= 4 is 27.7 Å². The first-order valence-electron chi connectivity index (χ1n) is 6.46. The molecular formula is C15H15BrN2S. The second-order valence-corrected chi connectivity index (χ2v) is 6.65. The number of aryl methyl sites for hydroxylation is 2. The van der Waals surface area contributed by atoms with Crippen molar-refractivity contribution in [3.8, 4) is 0 Å². The van der Waals surface area contributed by atoms with Crippen LogP contribution < -0.4 is 0 Å². The summed E-state index contributed by atoms with van der Waals surface area (Å²) in [5, 5.41) is 1.18. The second kappa shape index (κ2) is 5.63. The summed E-state index contributed by atoms with van der Waals surface area (Å²) in [6.45, 7) is 1.99. The van der Waals surface area contributed by atoms with Crippen LogP contribution in [-0.4, -0.2) is 9.97 Å². The first-order valence-corrected chi connectivity index (χ1v) is 8.24. The van der Waals surface area contributed by atoms with Crippen molar-refractivity contribution in [1.29, 1.82) is 0 Å². The Hall–Kier alpha value is -0.870. The third-order valence-electron chi connectivity index (χ3n) is 3.27. The molecule has 0 fully saturated rings. The standard InChI is InChI=1S/C15H15BrN2S/c1-10-17-14-7-3-6-13(14)15(18-10)19-9-11-4-2-5-12(16)8-11/h2,4-5,8H,3,6-7,9H2,1H3. The highest BCUT2D eigenvalue weighted by Crippen LogP contribution is 2.31. The van der Waals surface area contributed by atoms with Crippen LogP contribution in [0.1, 0.15) is 29.1 Å². The fourth-order valence-corrected chi connectivity index (χ4v) is 3.93. The van der Waals surface area contributed by atoms with Gasteiger partial charge in [0, 0.05) is 21.5 Å². The van der Waals surface area contributed by atoms with Crippen LogP contribution in [0.25, 0.3) is 0 Å². The van der Waals surface area contributed by atoms with Crippen LogP contribution in [0.3, 0.4) is 0 Å². The quantitative estimate of drug-likeness (QED) is 0.617. The van der Waals surface area contributed by atoms with Gasteiger partial charge in [-0.15, -0.1) is 11.8 Å². The normalized spacial score (nSPS) is 13.6. The largest absolute Gasteiger partial charge is 0.238 e. The van der Waals surface area contributed by atoms with E-state index in [-0.39, 0.29) is 0 Å². The SMILES string of the molecule is Cc1nc2c(c(SCc3cccc(Br)c3)n1)CCC2. The van der Waals surface area contributed by atoms with Gasteiger partial charge in [0.15, 0.2) is 0 Å². The maximum absolute atomic E-state index is 4.62. The molecule has 0 unspecified atom stereocenters.